The van der Waals surface area contributed by atoms with Crippen molar-refractivity contribution >= 4 is 28.2 Å². The summed E-state index contributed by atoms with van der Waals surface area (Å²) in [6, 6.07) is 0. The van der Waals surface area contributed by atoms with Crippen molar-refractivity contribution in [2.75, 3.05) is 5.73 Å². The first-order chi connectivity index (χ1) is 7.32. The largest absolute Gasteiger partial charge is 0.436 e. The normalized spacial score (nSPS) is 10.1. The molecule has 1 aromatic rings. The Kier molecular flexibility index (Phi) is 5.67. The van der Waals surface area contributed by atoms with E-state index < -0.39 is 11.9 Å². The van der Waals surface area contributed by atoms with Gasteiger partial charge in [-0.05, 0) is 15.9 Å². The summed E-state index contributed by atoms with van der Waals surface area (Å²) in [7, 11) is 0. The number of nitrogen functional groups attached to an aromatic ring is 1. The number of hydrazine groups is 1. The zero-order valence-corrected chi connectivity index (χ0v) is 9.21. The second-order valence-electron chi connectivity index (χ2n) is 2.22. The summed E-state index contributed by atoms with van der Waals surface area (Å²) >= 11 is 2.62. The summed E-state index contributed by atoms with van der Waals surface area (Å²) in [4.78, 5) is 15.4. The van der Waals surface area contributed by atoms with Crippen LogP contribution in [0.25, 0.3) is 0 Å². The van der Waals surface area contributed by atoms with Crippen LogP contribution in [-0.4, -0.2) is 16.4 Å². The Hall–Kier alpha value is -1.42. The van der Waals surface area contributed by atoms with E-state index in [0.29, 0.717) is 6.41 Å². The standard InChI is InChI=1S/C5H3BrF3N3.CH4N2O/c6-4-3(5(7,8)9)12-2(10)1-11-4;2-3-1-4/h1H,(H2,10,12);1H,2H2,(H,3,4). The minimum Gasteiger partial charge on any atom is -0.382 e. The highest BCUT2D eigenvalue weighted by molar-refractivity contribution is 9.10. The Bertz CT molecular complexity index is 359. The zero-order chi connectivity index (χ0) is 12.8. The molecule has 1 amide bonds. The summed E-state index contributed by atoms with van der Waals surface area (Å²) in [6.07, 6.45) is -3.08. The van der Waals surface area contributed by atoms with Gasteiger partial charge in [-0.15, -0.1) is 0 Å². The third-order valence-corrected chi connectivity index (χ3v) is 1.66. The number of halogens is 4. The van der Waals surface area contributed by atoms with E-state index in [4.69, 9.17) is 10.5 Å². The SMILES string of the molecule is NNC=O.Nc1cnc(Br)c(C(F)(F)F)n1. The third-order valence-electron chi connectivity index (χ3n) is 1.08. The summed E-state index contributed by atoms with van der Waals surface area (Å²) in [5.41, 5.74) is 5.67. The van der Waals surface area contributed by atoms with Crippen LogP contribution in [0, 0.1) is 0 Å². The van der Waals surface area contributed by atoms with Crippen LogP contribution in [0.4, 0.5) is 19.0 Å². The Morgan fingerprint density at radius 2 is 2.00 bits per heavy atom. The second kappa shape index (κ2) is 6.23. The molecule has 1 heterocycles. The van der Waals surface area contributed by atoms with Crippen LogP contribution >= 0.6 is 15.9 Å². The fraction of sp³-hybridized carbons (Fsp3) is 0.167. The Labute approximate surface area is 96.3 Å². The van der Waals surface area contributed by atoms with E-state index in [1.165, 1.54) is 0 Å². The molecule has 5 N–H and O–H groups in total. The highest BCUT2D eigenvalue weighted by Crippen LogP contribution is 2.32. The molecule has 1 rings (SSSR count). The second-order valence-corrected chi connectivity index (χ2v) is 2.97. The minimum absolute atomic E-state index is 0.259. The van der Waals surface area contributed by atoms with Crippen LogP contribution in [0.3, 0.4) is 0 Å². The maximum atomic E-state index is 12.0. The van der Waals surface area contributed by atoms with Crippen molar-refractivity contribution in [3.8, 4) is 0 Å². The molecule has 0 saturated heterocycles. The number of nitrogens with one attached hydrogen (secondary N) is 1. The van der Waals surface area contributed by atoms with Crippen molar-refractivity contribution in [3.05, 3.63) is 16.5 Å². The molecule has 0 fully saturated rings. The molecule has 6 nitrogen and oxygen atoms in total. The van der Waals surface area contributed by atoms with E-state index in [9.17, 15) is 13.2 Å². The Morgan fingerprint density at radius 1 is 1.50 bits per heavy atom. The maximum absolute atomic E-state index is 12.0. The molecule has 0 radical (unpaired) electrons. The number of nitrogens with two attached hydrogens (primary N) is 2. The first kappa shape index (κ1) is 14.6. The monoisotopic (exact) mass is 301 g/mol. The van der Waals surface area contributed by atoms with Gasteiger partial charge in [0.2, 0.25) is 6.41 Å². The predicted molar refractivity (Wildman–Crippen MR) is 52.5 cm³/mol. The number of alkyl halides is 3. The van der Waals surface area contributed by atoms with Gasteiger partial charge in [0.05, 0.1) is 6.20 Å². The molecule has 1 aromatic heterocycles. The highest BCUT2D eigenvalue weighted by atomic mass is 79.9. The number of rotatable bonds is 1. The molecule has 0 unspecified atom stereocenters. The number of hydrogen-bond acceptors (Lipinski definition) is 5. The molecule has 16 heavy (non-hydrogen) atoms. The lowest BCUT2D eigenvalue weighted by atomic mass is 10.4. The fourth-order valence-electron chi connectivity index (χ4n) is 0.568. The predicted octanol–water partition coefficient (Wildman–Crippen LogP) is 0.446. The fourth-order valence-corrected chi connectivity index (χ4v) is 0.984. The van der Waals surface area contributed by atoms with Crippen molar-refractivity contribution < 1.29 is 18.0 Å². The van der Waals surface area contributed by atoms with Crippen LogP contribution in [0.1, 0.15) is 5.69 Å². The Morgan fingerprint density at radius 3 is 2.31 bits per heavy atom. The van der Waals surface area contributed by atoms with Gasteiger partial charge in [-0.2, -0.15) is 13.2 Å². The number of carbonyl (C=O) groups excluding carboxylic acids is 1. The quantitative estimate of drug-likeness (QED) is 0.302. The summed E-state index contributed by atoms with van der Waals surface area (Å²) in [6.45, 7) is 0. The molecule has 0 bridgehead atoms. The molecular formula is C6H7BrF3N5O. The summed E-state index contributed by atoms with van der Waals surface area (Å²) in [5.74, 6) is 4.15. The zero-order valence-electron chi connectivity index (χ0n) is 7.62. The lowest BCUT2D eigenvalue weighted by Gasteiger charge is -2.06. The first-order valence-electron chi connectivity index (χ1n) is 3.58. The molecule has 0 aliphatic heterocycles. The van der Waals surface area contributed by atoms with E-state index in [1.54, 1.807) is 5.43 Å². The van der Waals surface area contributed by atoms with Gasteiger partial charge in [0, 0.05) is 0 Å². The number of aromatic nitrogens is 2. The van der Waals surface area contributed by atoms with Crippen LogP contribution in [-0.2, 0) is 11.0 Å². The van der Waals surface area contributed by atoms with Gasteiger partial charge >= 0.3 is 6.18 Å². The average Bonchev–Trinajstić information content (AvgIpc) is 2.20. The lowest BCUT2D eigenvalue weighted by molar-refractivity contribution is -0.142. The van der Waals surface area contributed by atoms with Gasteiger partial charge < -0.3 is 5.73 Å². The van der Waals surface area contributed by atoms with E-state index in [0.717, 1.165) is 6.20 Å². The number of anilines is 1. The van der Waals surface area contributed by atoms with Crippen molar-refractivity contribution in [1.29, 1.82) is 0 Å². The van der Waals surface area contributed by atoms with Crippen molar-refractivity contribution in [2.24, 2.45) is 5.84 Å². The summed E-state index contributed by atoms with van der Waals surface area (Å²) in [5, 5.41) is 0. The highest BCUT2D eigenvalue weighted by Gasteiger charge is 2.35. The Balaban J connectivity index is 0.000000487. The van der Waals surface area contributed by atoms with Crippen LogP contribution in [0.2, 0.25) is 0 Å². The van der Waals surface area contributed by atoms with Gasteiger partial charge in [0.25, 0.3) is 0 Å². The van der Waals surface area contributed by atoms with Gasteiger partial charge in [0.15, 0.2) is 5.69 Å². The number of hydrogen-bond donors (Lipinski definition) is 3. The molecule has 90 valence electrons. The molecule has 0 aromatic carbocycles. The van der Waals surface area contributed by atoms with E-state index in [-0.39, 0.29) is 10.4 Å². The number of carbonyl (C=O) groups is 1. The van der Waals surface area contributed by atoms with Gasteiger partial charge in [-0.25, -0.2) is 15.8 Å². The average molecular weight is 302 g/mol. The van der Waals surface area contributed by atoms with Crippen molar-refractivity contribution in [1.82, 2.24) is 15.4 Å². The molecule has 0 aliphatic carbocycles. The van der Waals surface area contributed by atoms with Crippen LogP contribution in [0.5, 0.6) is 0 Å². The molecular weight excluding hydrogens is 295 g/mol. The third kappa shape index (κ3) is 4.89. The lowest BCUT2D eigenvalue weighted by Crippen LogP contribution is -2.18. The number of amides is 1. The van der Waals surface area contributed by atoms with Gasteiger partial charge in [0.1, 0.15) is 10.4 Å². The minimum atomic E-state index is -4.53. The van der Waals surface area contributed by atoms with E-state index in [2.05, 4.69) is 31.7 Å². The molecule has 10 heteroatoms. The molecule has 0 aliphatic rings. The number of nitrogens with zero attached hydrogens (tertiary/aromatic N) is 2. The topological polar surface area (TPSA) is 107 Å². The van der Waals surface area contributed by atoms with Gasteiger partial charge in [-0.3, -0.25) is 10.2 Å². The van der Waals surface area contributed by atoms with E-state index in [1.807, 2.05) is 0 Å². The van der Waals surface area contributed by atoms with Crippen LogP contribution < -0.4 is 17.0 Å². The first-order valence-corrected chi connectivity index (χ1v) is 4.37. The molecule has 0 saturated carbocycles. The molecule has 0 spiro atoms. The van der Waals surface area contributed by atoms with Gasteiger partial charge in [-0.1, -0.05) is 0 Å². The maximum Gasteiger partial charge on any atom is 0.436 e. The van der Waals surface area contributed by atoms with Crippen molar-refractivity contribution in [3.63, 3.8) is 0 Å². The molecule has 0 atom stereocenters. The summed E-state index contributed by atoms with van der Waals surface area (Å²) < 4.78 is 35.8. The smallest absolute Gasteiger partial charge is 0.382 e. The van der Waals surface area contributed by atoms with Crippen LogP contribution in [0.15, 0.2) is 10.8 Å². The van der Waals surface area contributed by atoms with E-state index >= 15 is 0 Å². The van der Waals surface area contributed by atoms with Crippen molar-refractivity contribution in [2.45, 2.75) is 6.18 Å².